The molecular weight excluding hydrogens is 428 g/mol. The van der Waals surface area contributed by atoms with Crippen molar-refractivity contribution in [2.45, 2.75) is 29.2 Å². The molecule has 11 heteroatoms. The molecule has 0 bridgehead atoms. The minimum Gasteiger partial charge on any atom is -0.341 e. The summed E-state index contributed by atoms with van der Waals surface area (Å²) in [7, 11) is 0. The average Bonchev–Trinajstić information content (AvgIpc) is 3.13. The van der Waals surface area contributed by atoms with Gasteiger partial charge in [0.2, 0.25) is 0 Å². The van der Waals surface area contributed by atoms with E-state index in [4.69, 9.17) is 0 Å². The summed E-state index contributed by atoms with van der Waals surface area (Å²) in [5.74, 6) is -0.465. The van der Waals surface area contributed by atoms with E-state index in [1.807, 2.05) is 6.07 Å². The number of aromatic nitrogens is 1. The Hall–Kier alpha value is -3.31. The molecule has 0 saturated carbocycles. The monoisotopic (exact) mass is 444 g/mol. The fourth-order valence-corrected chi connectivity index (χ4v) is 4.56. The van der Waals surface area contributed by atoms with E-state index in [-0.39, 0.29) is 15.6 Å². The van der Waals surface area contributed by atoms with Crippen molar-refractivity contribution in [1.82, 2.24) is 10.3 Å². The second kappa shape index (κ2) is 8.59. The van der Waals surface area contributed by atoms with E-state index in [0.717, 1.165) is 23.1 Å². The Bertz CT molecular complexity index is 1100. The van der Waals surface area contributed by atoms with Crippen molar-refractivity contribution in [3.8, 4) is 0 Å². The lowest BCUT2D eigenvalue weighted by Gasteiger charge is -2.25. The molecular formula is C19H16N4O5S2. The lowest BCUT2D eigenvalue weighted by molar-refractivity contribution is -0.384. The van der Waals surface area contributed by atoms with Gasteiger partial charge in [0.25, 0.3) is 11.6 Å². The first-order chi connectivity index (χ1) is 14.2. The number of carbonyl (C=O) groups excluding carboxylic acids is 1. The van der Waals surface area contributed by atoms with Gasteiger partial charge in [-0.25, -0.2) is 0 Å². The highest BCUT2D eigenvalue weighted by molar-refractivity contribution is 7.99. The summed E-state index contributed by atoms with van der Waals surface area (Å²) in [5, 5.41) is 24.8. The van der Waals surface area contributed by atoms with Crippen LogP contribution in [-0.2, 0) is 5.54 Å². The van der Waals surface area contributed by atoms with E-state index in [2.05, 4.69) is 10.3 Å². The maximum absolute atomic E-state index is 13.0. The quantitative estimate of drug-likeness (QED) is 0.410. The standard InChI is InChI=1S/C19H16N4O5S2/c1-19(2,15-5-3-4-10-20-15)21-18(24)17-14(11-16(30-17)23(27)28)29-13-8-6-12(7-9-13)22(25)26/h3-11H,1-2H3,(H,21,24). The normalized spacial score (nSPS) is 11.1. The summed E-state index contributed by atoms with van der Waals surface area (Å²) >= 11 is 1.91. The van der Waals surface area contributed by atoms with E-state index >= 15 is 0 Å². The van der Waals surface area contributed by atoms with Crippen LogP contribution in [0.1, 0.15) is 29.2 Å². The Balaban J connectivity index is 1.89. The first-order valence-electron chi connectivity index (χ1n) is 8.62. The lowest BCUT2D eigenvalue weighted by atomic mass is 10.00. The molecule has 3 aromatic rings. The van der Waals surface area contributed by atoms with Crippen LogP contribution in [0.25, 0.3) is 0 Å². The molecule has 1 aromatic carbocycles. The highest BCUT2D eigenvalue weighted by Crippen LogP contribution is 2.39. The van der Waals surface area contributed by atoms with Crippen LogP contribution in [0.4, 0.5) is 10.7 Å². The number of thiophene rings is 1. The van der Waals surface area contributed by atoms with Crippen molar-refractivity contribution < 1.29 is 14.6 Å². The SMILES string of the molecule is CC(C)(NC(=O)c1sc([N+](=O)[O-])cc1Sc1ccc([N+](=O)[O-])cc1)c1ccccn1. The molecule has 0 radical (unpaired) electrons. The Labute approximate surface area is 179 Å². The van der Waals surface area contributed by atoms with Crippen LogP contribution in [0.2, 0.25) is 0 Å². The molecule has 2 aromatic heterocycles. The molecule has 154 valence electrons. The first-order valence-corrected chi connectivity index (χ1v) is 10.3. The molecule has 9 nitrogen and oxygen atoms in total. The van der Waals surface area contributed by atoms with Gasteiger partial charge in [0.15, 0.2) is 0 Å². The van der Waals surface area contributed by atoms with Crippen molar-refractivity contribution in [1.29, 1.82) is 0 Å². The predicted molar refractivity (Wildman–Crippen MR) is 113 cm³/mol. The number of benzene rings is 1. The molecule has 2 heterocycles. The smallest absolute Gasteiger partial charge is 0.326 e. The van der Waals surface area contributed by atoms with Crippen LogP contribution >= 0.6 is 23.1 Å². The van der Waals surface area contributed by atoms with Gasteiger partial charge in [-0.1, -0.05) is 29.2 Å². The number of nitro groups is 2. The van der Waals surface area contributed by atoms with E-state index < -0.39 is 21.3 Å². The largest absolute Gasteiger partial charge is 0.341 e. The third-order valence-electron chi connectivity index (χ3n) is 4.08. The van der Waals surface area contributed by atoms with Gasteiger partial charge >= 0.3 is 5.00 Å². The molecule has 0 unspecified atom stereocenters. The number of amides is 1. The van der Waals surface area contributed by atoms with Gasteiger partial charge in [0, 0.05) is 34.2 Å². The Morgan fingerprint density at radius 2 is 1.80 bits per heavy atom. The number of carbonyl (C=O) groups is 1. The number of non-ortho nitro benzene ring substituents is 1. The maximum atomic E-state index is 13.0. The number of nitrogens with zero attached hydrogens (tertiary/aromatic N) is 3. The van der Waals surface area contributed by atoms with Crippen LogP contribution in [-0.4, -0.2) is 20.7 Å². The number of pyridine rings is 1. The van der Waals surface area contributed by atoms with Gasteiger partial charge in [0.1, 0.15) is 4.88 Å². The zero-order valence-corrected chi connectivity index (χ0v) is 17.5. The van der Waals surface area contributed by atoms with Crippen molar-refractivity contribution >= 4 is 39.7 Å². The van der Waals surface area contributed by atoms with Crippen LogP contribution in [0.3, 0.4) is 0 Å². The summed E-state index contributed by atoms with van der Waals surface area (Å²) in [4.78, 5) is 39.4. The van der Waals surface area contributed by atoms with Gasteiger partial charge in [-0.3, -0.25) is 30.0 Å². The molecule has 0 aliphatic rings. The van der Waals surface area contributed by atoms with Crippen LogP contribution < -0.4 is 5.32 Å². The lowest BCUT2D eigenvalue weighted by Crippen LogP contribution is -2.41. The summed E-state index contributed by atoms with van der Waals surface area (Å²) in [6, 6.07) is 12.4. The summed E-state index contributed by atoms with van der Waals surface area (Å²) in [6.07, 6.45) is 1.62. The van der Waals surface area contributed by atoms with Crippen LogP contribution in [0.5, 0.6) is 0 Å². The Kier molecular flexibility index (Phi) is 6.13. The van der Waals surface area contributed by atoms with Gasteiger partial charge in [-0.2, -0.15) is 0 Å². The van der Waals surface area contributed by atoms with Gasteiger partial charge in [-0.05, 0) is 38.1 Å². The molecule has 0 spiro atoms. The van der Waals surface area contributed by atoms with Gasteiger partial charge in [-0.15, -0.1) is 0 Å². The molecule has 0 aliphatic heterocycles. The fraction of sp³-hybridized carbons (Fsp3) is 0.158. The van der Waals surface area contributed by atoms with Crippen LogP contribution in [0.15, 0.2) is 64.5 Å². The number of nitro benzene ring substituents is 1. The minimum atomic E-state index is -0.799. The number of hydrogen-bond donors (Lipinski definition) is 1. The first kappa shape index (κ1) is 21.4. The van der Waals surface area contributed by atoms with Crippen molar-refractivity contribution in [2.24, 2.45) is 0 Å². The number of nitrogens with one attached hydrogen (secondary N) is 1. The van der Waals surface area contributed by atoms with Gasteiger partial charge < -0.3 is 5.32 Å². The molecule has 0 atom stereocenters. The van der Waals surface area contributed by atoms with Crippen molar-refractivity contribution in [2.75, 3.05) is 0 Å². The highest BCUT2D eigenvalue weighted by Gasteiger charge is 2.29. The second-order valence-corrected chi connectivity index (χ2v) is 8.83. The minimum absolute atomic E-state index is 0.0641. The third-order valence-corrected chi connectivity index (χ3v) is 6.34. The zero-order valence-electron chi connectivity index (χ0n) is 15.9. The number of rotatable bonds is 7. The summed E-state index contributed by atoms with van der Waals surface area (Å²) in [6.45, 7) is 3.58. The molecule has 0 saturated heterocycles. The predicted octanol–water partition coefficient (Wildman–Crippen LogP) is 4.78. The Morgan fingerprint density at radius 3 is 2.37 bits per heavy atom. The molecule has 1 amide bonds. The van der Waals surface area contributed by atoms with E-state index in [9.17, 15) is 25.0 Å². The topological polar surface area (TPSA) is 128 Å². The average molecular weight is 444 g/mol. The molecule has 0 aliphatic carbocycles. The number of hydrogen-bond acceptors (Lipinski definition) is 8. The zero-order chi connectivity index (χ0) is 21.9. The summed E-state index contributed by atoms with van der Waals surface area (Å²) < 4.78 is 0. The third kappa shape index (κ3) is 4.81. The van der Waals surface area contributed by atoms with E-state index in [1.165, 1.54) is 30.3 Å². The molecule has 0 fully saturated rings. The van der Waals surface area contributed by atoms with Crippen LogP contribution in [0, 0.1) is 20.2 Å². The van der Waals surface area contributed by atoms with E-state index in [1.54, 1.807) is 32.2 Å². The fourth-order valence-electron chi connectivity index (χ4n) is 2.59. The molecule has 30 heavy (non-hydrogen) atoms. The maximum Gasteiger partial charge on any atom is 0.326 e. The van der Waals surface area contributed by atoms with Crippen molar-refractivity contribution in [3.63, 3.8) is 0 Å². The molecule has 3 rings (SSSR count). The van der Waals surface area contributed by atoms with Gasteiger partial charge in [0.05, 0.1) is 21.1 Å². The highest BCUT2D eigenvalue weighted by atomic mass is 32.2. The second-order valence-electron chi connectivity index (χ2n) is 6.68. The Morgan fingerprint density at radius 1 is 1.10 bits per heavy atom. The molecule has 1 N–H and O–H groups in total. The summed E-state index contributed by atoms with van der Waals surface area (Å²) in [5.41, 5.74) is -0.216. The van der Waals surface area contributed by atoms with E-state index in [0.29, 0.717) is 15.5 Å². The van der Waals surface area contributed by atoms with Crippen molar-refractivity contribution in [3.05, 3.63) is 85.5 Å².